The topological polar surface area (TPSA) is 82.1 Å². The van der Waals surface area contributed by atoms with Crippen LogP contribution < -0.4 is 0 Å². The molecule has 0 aliphatic heterocycles. The molecule has 1 aromatic heterocycles. The largest absolute Gasteiger partial charge is 0.338 e. The molecule has 0 spiro atoms. The number of aromatic nitrogens is 2. The fourth-order valence-corrected chi connectivity index (χ4v) is 3.27. The molecule has 0 saturated carbocycles. The van der Waals surface area contributed by atoms with E-state index in [1.54, 1.807) is 25.1 Å². The number of aryl methyl sites for hydroxylation is 1. The molecule has 6 nitrogen and oxygen atoms in total. The Morgan fingerprint density at radius 1 is 1.03 bits per heavy atom. The van der Waals surface area contributed by atoms with Crippen molar-refractivity contribution in [3.05, 3.63) is 99.7 Å². The normalized spacial score (nSPS) is 12.0. The minimum Gasteiger partial charge on any atom is -0.338 e. The van der Waals surface area contributed by atoms with Crippen LogP contribution in [0.3, 0.4) is 0 Å². The zero-order valence-corrected chi connectivity index (χ0v) is 16.4. The fraction of sp³-hybridized carbons (Fsp3) is 0.130. The molecule has 3 aromatic carbocycles. The first-order valence-electron chi connectivity index (χ1n) is 9.38. The number of nitro benzene ring substituents is 1. The van der Waals surface area contributed by atoms with Crippen molar-refractivity contribution in [1.82, 2.24) is 10.1 Å². The van der Waals surface area contributed by atoms with E-state index < -0.39 is 4.92 Å². The van der Waals surface area contributed by atoms with Gasteiger partial charge in [-0.1, -0.05) is 59.8 Å². The van der Waals surface area contributed by atoms with Crippen LogP contribution in [0.5, 0.6) is 0 Å². The minimum absolute atomic E-state index is 0.00882. The van der Waals surface area contributed by atoms with Crippen molar-refractivity contribution in [2.45, 2.75) is 19.8 Å². The van der Waals surface area contributed by atoms with Gasteiger partial charge in [0, 0.05) is 22.8 Å². The summed E-state index contributed by atoms with van der Waals surface area (Å²) in [6.45, 7) is 3.51. The maximum Gasteiger partial charge on any atom is 0.273 e. The van der Waals surface area contributed by atoms with Gasteiger partial charge in [0.25, 0.3) is 5.69 Å². The SMILES string of the molecule is Cc1ccc(-c2noc(C(C)c3ccc(-c4ccccc4)c(F)c3)n2)cc1[N+](=O)[O-]. The van der Waals surface area contributed by atoms with Crippen LogP contribution in [0.25, 0.3) is 22.5 Å². The summed E-state index contributed by atoms with van der Waals surface area (Å²) in [7, 11) is 0. The number of benzene rings is 3. The van der Waals surface area contributed by atoms with Crippen molar-refractivity contribution in [2.24, 2.45) is 0 Å². The Morgan fingerprint density at radius 3 is 2.50 bits per heavy atom. The van der Waals surface area contributed by atoms with Gasteiger partial charge in [0.2, 0.25) is 11.7 Å². The summed E-state index contributed by atoms with van der Waals surface area (Å²) in [5.41, 5.74) is 3.04. The van der Waals surface area contributed by atoms with Crippen LogP contribution in [0.4, 0.5) is 10.1 Å². The quantitative estimate of drug-likeness (QED) is 0.305. The maximum absolute atomic E-state index is 14.7. The number of hydrogen-bond donors (Lipinski definition) is 0. The second kappa shape index (κ2) is 7.87. The second-order valence-corrected chi connectivity index (χ2v) is 7.04. The molecule has 1 atom stereocenters. The van der Waals surface area contributed by atoms with Gasteiger partial charge in [-0.3, -0.25) is 10.1 Å². The average Bonchev–Trinajstić information content (AvgIpc) is 3.24. The van der Waals surface area contributed by atoms with Gasteiger partial charge in [-0.25, -0.2) is 4.39 Å². The Hall–Kier alpha value is -3.87. The summed E-state index contributed by atoms with van der Waals surface area (Å²) in [5, 5.41) is 15.1. The van der Waals surface area contributed by atoms with E-state index in [2.05, 4.69) is 10.1 Å². The fourth-order valence-electron chi connectivity index (χ4n) is 3.27. The monoisotopic (exact) mass is 403 g/mol. The molecule has 0 aliphatic carbocycles. The van der Waals surface area contributed by atoms with Crippen molar-refractivity contribution in [3.63, 3.8) is 0 Å². The van der Waals surface area contributed by atoms with Crippen LogP contribution in [-0.4, -0.2) is 15.1 Å². The van der Waals surface area contributed by atoms with Crippen LogP contribution in [0.1, 0.15) is 29.9 Å². The molecular formula is C23H18FN3O3. The summed E-state index contributed by atoms with van der Waals surface area (Å²) in [6, 6.07) is 19.1. The van der Waals surface area contributed by atoms with E-state index in [0.717, 1.165) is 5.56 Å². The van der Waals surface area contributed by atoms with Gasteiger partial charge in [0.15, 0.2) is 0 Å². The van der Waals surface area contributed by atoms with Crippen molar-refractivity contribution in [1.29, 1.82) is 0 Å². The van der Waals surface area contributed by atoms with Crippen LogP contribution in [0.15, 0.2) is 71.3 Å². The van der Waals surface area contributed by atoms with Gasteiger partial charge in [-0.15, -0.1) is 0 Å². The first-order chi connectivity index (χ1) is 14.4. The van der Waals surface area contributed by atoms with E-state index in [-0.39, 0.29) is 23.2 Å². The summed E-state index contributed by atoms with van der Waals surface area (Å²) >= 11 is 0. The number of nitro groups is 1. The van der Waals surface area contributed by atoms with Crippen molar-refractivity contribution < 1.29 is 13.8 Å². The van der Waals surface area contributed by atoms with E-state index in [4.69, 9.17) is 4.52 Å². The van der Waals surface area contributed by atoms with E-state index in [9.17, 15) is 14.5 Å². The summed E-state index contributed by atoms with van der Waals surface area (Å²) in [6.07, 6.45) is 0. The average molecular weight is 403 g/mol. The highest BCUT2D eigenvalue weighted by atomic mass is 19.1. The molecule has 0 radical (unpaired) electrons. The molecule has 150 valence electrons. The molecule has 7 heteroatoms. The van der Waals surface area contributed by atoms with E-state index in [1.165, 1.54) is 12.1 Å². The third-order valence-electron chi connectivity index (χ3n) is 5.05. The first kappa shape index (κ1) is 19.4. The Balaban J connectivity index is 1.62. The Morgan fingerprint density at radius 2 is 1.80 bits per heavy atom. The third kappa shape index (κ3) is 3.69. The Kier molecular flexibility index (Phi) is 5.10. The summed E-state index contributed by atoms with van der Waals surface area (Å²) < 4.78 is 20.1. The highest BCUT2D eigenvalue weighted by Crippen LogP contribution is 2.31. The van der Waals surface area contributed by atoms with Gasteiger partial charge >= 0.3 is 0 Å². The van der Waals surface area contributed by atoms with Crippen LogP contribution in [0.2, 0.25) is 0 Å². The first-order valence-corrected chi connectivity index (χ1v) is 9.38. The smallest absolute Gasteiger partial charge is 0.273 e. The minimum atomic E-state index is -0.445. The van der Waals surface area contributed by atoms with Gasteiger partial charge in [-0.2, -0.15) is 4.98 Å². The van der Waals surface area contributed by atoms with Crippen molar-refractivity contribution >= 4 is 5.69 Å². The number of rotatable bonds is 5. The molecule has 1 heterocycles. The predicted octanol–water partition coefficient (Wildman–Crippen LogP) is 5.91. The molecule has 30 heavy (non-hydrogen) atoms. The molecule has 4 aromatic rings. The molecule has 0 fully saturated rings. The molecule has 0 amide bonds. The number of nitrogens with zero attached hydrogens (tertiary/aromatic N) is 3. The lowest BCUT2D eigenvalue weighted by atomic mass is 9.97. The van der Waals surface area contributed by atoms with Crippen LogP contribution >= 0.6 is 0 Å². The zero-order valence-electron chi connectivity index (χ0n) is 16.4. The van der Waals surface area contributed by atoms with Gasteiger partial charge in [0.1, 0.15) is 5.82 Å². The molecule has 0 N–H and O–H groups in total. The van der Waals surface area contributed by atoms with Gasteiger partial charge in [-0.05, 0) is 31.0 Å². The highest BCUT2D eigenvalue weighted by molar-refractivity contribution is 5.64. The Bertz CT molecular complexity index is 1220. The van der Waals surface area contributed by atoms with Crippen LogP contribution in [-0.2, 0) is 0 Å². The molecule has 4 rings (SSSR count). The van der Waals surface area contributed by atoms with Crippen molar-refractivity contribution in [3.8, 4) is 22.5 Å². The van der Waals surface area contributed by atoms with E-state index >= 15 is 0 Å². The van der Waals surface area contributed by atoms with Crippen LogP contribution in [0, 0.1) is 22.9 Å². The summed E-state index contributed by atoms with van der Waals surface area (Å²) in [4.78, 5) is 15.1. The molecule has 0 aliphatic rings. The lowest BCUT2D eigenvalue weighted by Gasteiger charge is -2.10. The highest BCUT2D eigenvalue weighted by Gasteiger charge is 2.20. The summed E-state index contributed by atoms with van der Waals surface area (Å²) in [5.74, 6) is -0.119. The third-order valence-corrected chi connectivity index (χ3v) is 5.05. The second-order valence-electron chi connectivity index (χ2n) is 7.04. The van der Waals surface area contributed by atoms with E-state index in [0.29, 0.717) is 28.1 Å². The van der Waals surface area contributed by atoms with Crippen molar-refractivity contribution in [2.75, 3.05) is 0 Å². The molecule has 0 bridgehead atoms. The zero-order chi connectivity index (χ0) is 21.3. The Labute approximate surface area is 172 Å². The predicted molar refractivity (Wildman–Crippen MR) is 110 cm³/mol. The molecular weight excluding hydrogens is 385 g/mol. The lowest BCUT2D eigenvalue weighted by molar-refractivity contribution is -0.385. The molecule has 1 unspecified atom stereocenters. The van der Waals surface area contributed by atoms with E-state index in [1.807, 2.05) is 43.3 Å². The van der Waals surface area contributed by atoms with Gasteiger partial charge in [0.05, 0.1) is 10.8 Å². The number of halogens is 1. The molecule has 0 saturated heterocycles. The number of hydrogen-bond acceptors (Lipinski definition) is 5. The maximum atomic E-state index is 14.7. The standard InChI is InChI=1S/C23H18FN3O3/c1-14-8-9-18(13-21(14)27(28)29)22-25-23(30-26-22)15(2)17-10-11-19(20(24)12-17)16-6-4-3-5-7-16/h3-13,15H,1-2H3. The van der Waals surface area contributed by atoms with Gasteiger partial charge < -0.3 is 4.52 Å². The lowest BCUT2D eigenvalue weighted by Crippen LogP contribution is -1.98.